The maximum atomic E-state index is 4.39. The summed E-state index contributed by atoms with van der Waals surface area (Å²) in [6, 6.07) is 0.772. The molecule has 5 nitrogen and oxygen atoms in total. The second-order valence-corrected chi connectivity index (χ2v) is 7.63. The van der Waals surface area contributed by atoms with E-state index < -0.39 is 0 Å². The first-order valence-corrected chi connectivity index (χ1v) is 9.56. The maximum Gasteiger partial charge on any atom is 0.191 e. The molecule has 0 radical (unpaired) electrons. The number of aryl methyl sites for hydroxylation is 1. The van der Waals surface area contributed by atoms with Crippen LogP contribution in [0.5, 0.6) is 0 Å². The van der Waals surface area contributed by atoms with Crippen molar-refractivity contribution in [3.63, 3.8) is 0 Å². The van der Waals surface area contributed by atoms with Gasteiger partial charge in [0.15, 0.2) is 5.96 Å². The van der Waals surface area contributed by atoms with Gasteiger partial charge in [-0.15, -0.1) is 35.3 Å². The summed E-state index contributed by atoms with van der Waals surface area (Å²) in [5.41, 5.74) is 0. The summed E-state index contributed by atoms with van der Waals surface area (Å²) in [6.45, 7) is 4.96. The Hall–Kier alpha value is -0.410. The van der Waals surface area contributed by atoms with Crippen LogP contribution in [0, 0.1) is 6.92 Å². The molecule has 0 aromatic carbocycles. The van der Waals surface area contributed by atoms with E-state index in [-0.39, 0.29) is 24.0 Å². The van der Waals surface area contributed by atoms with Gasteiger partial charge in [-0.05, 0) is 26.8 Å². The maximum absolute atomic E-state index is 4.39. The van der Waals surface area contributed by atoms with Gasteiger partial charge in [-0.2, -0.15) is 0 Å². The quantitative estimate of drug-likeness (QED) is 0.369. The third-order valence-corrected chi connectivity index (χ3v) is 5.45. The molecule has 0 saturated heterocycles. The lowest BCUT2D eigenvalue weighted by Crippen LogP contribution is -2.43. The smallest absolute Gasteiger partial charge is 0.191 e. The minimum absolute atomic E-state index is 0. The van der Waals surface area contributed by atoms with Crippen LogP contribution in [0.4, 0.5) is 0 Å². The fourth-order valence-electron chi connectivity index (χ4n) is 3.08. The van der Waals surface area contributed by atoms with E-state index in [1.807, 2.05) is 13.2 Å². The van der Waals surface area contributed by atoms with Crippen molar-refractivity contribution in [2.24, 2.45) is 4.99 Å². The number of likely N-dealkylation sites (N-methyl/N-ethyl adjacent to an activating group) is 1. The van der Waals surface area contributed by atoms with Crippen molar-refractivity contribution in [3.8, 4) is 0 Å². The highest BCUT2D eigenvalue weighted by Gasteiger charge is 2.17. The molecule has 1 fully saturated rings. The lowest BCUT2D eigenvalue weighted by atomic mass is 9.94. The number of aromatic nitrogens is 1. The molecule has 24 heavy (non-hydrogen) atoms. The van der Waals surface area contributed by atoms with Crippen molar-refractivity contribution in [2.75, 3.05) is 33.7 Å². The topological polar surface area (TPSA) is 52.6 Å². The molecule has 1 saturated carbocycles. The van der Waals surface area contributed by atoms with Crippen LogP contribution in [0.15, 0.2) is 11.2 Å². The first kappa shape index (κ1) is 21.6. The second-order valence-electron chi connectivity index (χ2n) is 6.31. The van der Waals surface area contributed by atoms with Crippen molar-refractivity contribution < 1.29 is 0 Å². The lowest BCUT2D eigenvalue weighted by Gasteiger charge is -2.31. The summed E-state index contributed by atoms with van der Waals surface area (Å²) in [6.07, 6.45) is 9.80. The number of halogens is 1. The van der Waals surface area contributed by atoms with Crippen LogP contribution >= 0.6 is 35.3 Å². The monoisotopic (exact) mass is 465 g/mol. The van der Waals surface area contributed by atoms with Crippen LogP contribution in [-0.4, -0.2) is 55.6 Å². The van der Waals surface area contributed by atoms with E-state index in [4.69, 9.17) is 0 Å². The Labute approximate surface area is 167 Å². The minimum Gasteiger partial charge on any atom is -0.356 e. The molecule has 2 N–H and O–H groups in total. The first-order chi connectivity index (χ1) is 11.2. The van der Waals surface area contributed by atoms with E-state index in [0.717, 1.165) is 38.1 Å². The Morgan fingerprint density at radius 2 is 2.00 bits per heavy atom. The zero-order chi connectivity index (χ0) is 16.5. The zero-order valence-corrected chi connectivity index (χ0v) is 18.3. The molecule has 0 spiro atoms. The molecular formula is C17H32IN5S. The molecule has 0 amide bonds. The van der Waals surface area contributed by atoms with Gasteiger partial charge in [-0.3, -0.25) is 4.99 Å². The minimum atomic E-state index is 0. The Bertz CT molecular complexity index is 485. The molecular weight excluding hydrogens is 433 g/mol. The average molecular weight is 465 g/mol. The number of hydrogen-bond acceptors (Lipinski definition) is 4. The van der Waals surface area contributed by atoms with E-state index in [1.165, 1.54) is 42.0 Å². The van der Waals surface area contributed by atoms with E-state index in [2.05, 4.69) is 39.5 Å². The highest BCUT2D eigenvalue weighted by Crippen LogP contribution is 2.21. The summed E-state index contributed by atoms with van der Waals surface area (Å²) in [7, 11) is 4.08. The van der Waals surface area contributed by atoms with E-state index in [9.17, 15) is 0 Å². The van der Waals surface area contributed by atoms with Crippen LogP contribution in [0.25, 0.3) is 0 Å². The second kappa shape index (κ2) is 12.0. The number of guanidine groups is 1. The van der Waals surface area contributed by atoms with Crippen LogP contribution in [0.1, 0.15) is 42.0 Å². The predicted molar refractivity (Wildman–Crippen MR) is 115 cm³/mol. The van der Waals surface area contributed by atoms with Crippen molar-refractivity contribution in [1.82, 2.24) is 20.5 Å². The summed E-state index contributed by atoms with van der Waals surface area (Å²) >= 11 is 1.77. The van der Waals surface area contributed by atoms with Gasteiger partial charge in [-0.1, -0.05) is 19.3 Å². The van der Waals surface area contributed by atoms with Crippen LogP contribution in [0.2, 0.25) is 0 Å². The Kier molecular flexibility index (Phi) is 10.8. The Morgan fingerprint density at radius 3 is 2.62 bits per heavy atom. The number of aliphatic imine (C=N–C) groups is 1. The number of nitrogens with zero attached hydrogens (tertiary/aromatic N) is 3. The largest absolute Gasteiger partial charge is 0.356 e. The van der Waals surface area contributed by atoms with Crippen molar-refractivity contribution in [1.29, 1.82) is 0 Å². The third kappa shape index (κ3) is 7.65. The number of nitrogens with one attached hydrogen (secondary N) is 2. The van der Waals surface area contributed by atoms with Gasteiger partial charge in [0.05, 0.1) is 5.01 Å². The van der Waals surface area contributed by atoms with Crippen LogP contribution in [-0.2, 0) is 6.42 Å². The molecule has 2 rings (SSSR count). The summed E-state index contributed by atoms with van der Waals surface area (Å²) in [5.74, 6) is 0.885. The molecule has 0 atom stereocenters. The molecule has 0 aliphatic heterocycles. The van der Waals surface area contributed by atoms with Gasteiger partial charge in [0.25, 0.3) is 0 Å². The Balaban J connectivity index is 0.00000288. The highest BCUT2D eigenvalue weighted by molar-refractivity contribution is 14.0. The molecule has 138 valence electrons. The standard InChI is InChI=1S/C17H31N5S.HI/c1-14-13-21-16(23-14)9-10-19-17(18-2)20-11-12-22(3)15-7-5-4-6-8-15;/h13,15H,4-12H2,1-3H3,(H2,18,19,20);1H. The number of thiazole rings is 1. The van der Waals surface area contributed by atoms with Gasteiger partial charge in [0.1, 0.15) is 0 Å². The van der Waals surface area contributed by atoms with Crippen molar-refractivity contribution in [2.45, 2.75) is 51.5 Å². The summed E-state index contributed by atoms with van der Waals surface area (Å²) in [4.78, 5) is 12.4. The SMILES string of the molecule is CN=C(NCCc1ncc(C)s1)NCCN(C)C1CCCCC1.I. The lowest BCUT2D eigenvalue weighted by molar-refractivity contribution is 0.194. The summed E-state index contributed by atoms with van der Waals surface area (Å²) < 4.78 is 0. The summed E-state index contributed by atoms with van der Waals surface area (Å²) in [5, 5.41) is 7.96. The molecule has 1 aromatic heterocycles. The van der Waals surface area contributed by atoms with E-state index in [1.54, 1.807) is 11.3 Å². The highest BCUT2D eigenvalue weighted by atomic mass is 127. The first-order valence-electron chi connectivity index (χ1n) is 8.75. The molecule has 0 bridgehead atoms. The fraction of sp³-hybridized carbons (Fsp3) is 0.765. The van der Waals surface area contributed by atoms with Gasteiger partial charge in [-0.25, -0.2) is 4.98 Å². The van der Waals surface area contributed by atoms with Crippen LogP contribution < -0.4 is 10.6 Å². The third-order valence-electron chi connectivity index (χ3n) is 4.48. The molecule has 7 heteroatoms. The number of hydrogen-bond donors (Lipinski definition) is 2. The Morgan fingerprint density at radius 1 is 1.29 bits per heavy atom. The molecule has 1 aromatic rings. The zero-order valence-electron chi connectivity index (χ0n) is 15.2. The predicted octanol–water partition coefficient (Wildman–Crippen LogP) is 3.04. The average Bonchev–Trinajstić information content (AvgIpc) is 2.99. The number of rotatable bonds is 7. The van der Waals surface area contributed by atoms with Gasteiger partial charge < -0.3 is 15.5 Å². The molecule has 1 aliphatic carbocycles. The molecule has 1 heterocycles. The van der Waals surface area contributed by atoms with E-state index >= 15 is 0 Å². The van der Waals surface area contributed by atoms with Gasteiger partial charge in [0, 0.05) is 50.2 Å². The normalized spacial score (nSPS) is 16.1. The van der Waals surface area contributed by atoms with Crippen molar-refractivity contribution in [3.05, 3.63) is 16.1 Å². The molecule has 1 aliphatic rings. The van der Waals surface area contributed by atoms with Crippen LogP contribution in [0.3, 0.4) is 0 Å². The van der Waals surface area contributed by atoms with Gasteiger partial charge in [0.2, 0.25) is 0 Å². The van der Waals surface area contributed by atoms with Gasteiger partial charge >= 0.3 is 0 Å². The molecule has 0 unspecified atom stereocenters. The fourth-order valence-corrected chi connectivity index (χ4v) is 3.87. The van der Waals surface area contributed by atoms with Crippen molar-refractivity contribution >= 4 is 41.3 Å². The van der Waals surface area contributed by atoms with E-state index in [0.29, 0.717) is 0 Å².